The van der Waals surface area contributed by atoms with Gasteiger partial charge in [0, 0.05) is 0 Å². The summed E-state index contributed by atoms with van der Waals surface area (Å²) in [5.74, 6) is -1.51. The van der Waals surface area contributed by atoms with Crippen LogP contribution in [0.25, 0.3) is 0 Å². The van der Waals surface area contributed by atoms with Crippen LogP contribution in [-0.4, -0.2) is 41.6 Å². The van der Waals surface area contributed by atoms with Crippen LogP contribution in [-0.2, 0) is 19.1 Å². The molecule has 0 aromatic heterocycles. The van der Waals surface area contributed by atoms with Crippen molar-refractivity contribution in [2.45, 2.75) is 24.7 Å². The van der Waals surface area contributed by atoms with Crippen LogP contribution in [0.5, 0.6) is 0 Å². The van der Waals surface area contributed by atoms with E-state index in [4.69, 9.17) is 9.47 Å². The summed E-state index contributed by atoms with van der Waals surface area (Å²) >= 11 is 0. The van der Waals surface area contributed by atoms with Gasteiger partial charge in [-0.05, 0) is 18.1 Å². The fraction of sp³-hybridized carbons (Fsp3) is 0.333. The predicted octanol–water partition coefficient (Wildman–Crippen LogP) is 3.12. The van der Waals surface area contributed by atoms with Gasteiger partial charge < -0.3 is 14.4 Å². The Morgan fingerprint density at radius 2 is 1.76 bits per heavy atom. The highest BCUT2D eigenvalue weighted by atomic mass is 16.6. The average molecular weight is 389 g/mol. The number of benzene rings is 2. The third kappa shape index (κ3) is 2.72. The number of nitrogens with zero attached hydrogens (tertiary/aromatic N) is 1. The molecule has 0 N–H and O–H groups in total. The van der Waals surface area contributed by atoms with Crippen LogP contribution < -0.4 is 0 Å². The molecule has 2 aromatic carbocycles. The molecular weight excluding hydrogens is 366 g/mol. The van der Waals surface area contributed by atoms with Gasteiger partial charge in [0.2, 0.25) is 5.91 Å². The molecule has 5 nitrogen and oxygen atoms in total. The van der Waals surface area contributed by atoms with Crippen LogP contribution >= 0.6 is 0 Å². The molecule has 148 valence electrons. The van der Waals surface area contributed by atoms with Gasteiger partial charge in [0.05, 0.1) is 31.2 Å². The molecule has 0 saturated carbocycles. The smallest absolute Gasteiger partial charge is 0.312 e. The van der Waals surface area contributed by atoms with Crippen LogP contribution in [0.15, 0.2) is 72.8 Å². The molecule has 0 aliphatic carbocycles. The number of esters is 1. The zero-order valence-corrected chi connectivity index (χ0v) is 16.2. The van der Waals surface area contributed by atoms with E-state index in [1.165, 1.54) is 0 Å². The summed E-state index contributed by atoms with van der Waals surface area (Å²) in [5.41, 5.74) is 1.32. The Hall–Kier alpha value is -2.92. The van der Waals surface area contributed by atoms with Crippen molar-refractivity contribution in [2.75, 3.05) is 13.2 Å². The number of ether oxygens (including phenoxy) is 2. The van der Waals surface area contributed by atoms with E-state index >= 15 is 0 Å². The van der Waals surface area contributed by atoms with Crippen LogP contribution in [0, 0.1) is 11.8 Å². The number of amides is 1. The fourth-order valence-electron chi connectivity index (χ4n) is 5.08. The Morgan fingerprint density at radius 3 is 2.34 bits per heavy atom. The minimum atomic E-state index is -0.749. The highest BCUT2D eigenvalue weighted by molar-refractivity contribution is 5.91. The number of hydrogen-bond donors (Lipinski definition) is 0. The van der Waals surface area contributed by atoms with Gasteiger partial charge in [-0.3, -0.25) is 9.59 Å². The van der Waals surface area contributed by atoms with E-state index in [-0.39, 0.29) is 24.0 Å². The molecule has 3 aliphatic heterocycles. The molecule has 5 rings (SSSR count). The Balaban J connectivity index is 1.55. The average Bonchev–Trinajstić information content (AvgIpc) is 3.39. The molecule has 0 radical (unpaired) electrons. The molecule has 29 heavy (non-hydrogen) atoms. The van der Waals surface area contributed by atoms with E-state index in [0.29, 0.717) is 13.2 Å². The molecule has 3 aliphatic rings. The van der Waals surface area contributed by atoms with Gasteiger partial charge in [0.25, 0.3) is 0 Å². The van der Waals surface area contributed by atoms with E-state index in [1.807, 2.05) is 77.7 Å². The first-order valence-corrected chi connectivity index (χ1v) is 10.1. The maximum absolute atomic E-state index is 13.7. The van der Waals surface area contributed by atoms with Crippen molar-refractivity contribution in [3.05, 3.63) is 83.9 Å². The van der Waals surface area contributed by atoms with Gasteiger partial charge >= 0.3 is 5.97 Å². The summed E-state index contributed by atoms with van der Waals surface area (Å²) in [6.07, 6.45) is 3.51. The number of rotatable bonds is 5. The lowest BCUT2D eigenvalue weighted by atomic mass is 9.77. The largest absolute Gasteiger partial charge is 0.466 e. The minimum Gasteiger partial charge on any atom is -0.466 e. The first-order chi connectivity index (χ1) is 14.1. The van der Waals surface area contributed by atoms with E-state index in [2.05, 4.69) is 0 Å². The lowest BCUT2D eigenvalue weighted by molar-refractivity contribution is -0.153. The van der Waals surface area contributed by atoms with Crippen LogP contribution in [0.4, 0.5) is 0 Å². The van der Waals surface area contributed by atoms with Crippen molar-refractivity contribution in [3.8, 4) is 0 Å². The lowest BCUT2D eigenvalue weighted by Crippen LogP contribution is -2.40. The van der Waals surface area contributed by atoms with Gasteiger partial charge in [-0.1, -0.05) is 72.8 Å². The molecule has 3 heterocycles. The SMILES string of the molecule is CCOC(=O)[C@@H]1[C@H]2C(=O)N(C(c3ccccc3)c3ccccc3)C[C@]23C=C[C@H]1O3. The van der Waals surface area contributed by atoms with Crippen molar-refractivity contribution in [1.29, 1.82) is 0 Å². The van der Waals surface area contributed by atoms with Crippen LogP contribution in [0.3, 0.4) is 0 Å². The number of fused-ring (bicyclic) bond motifs is 1. The second-order valence-corrected chi connectivity index (χ2v) is 7.84. The molecule has 4 atom stereocenters. The highest BCUT2D eigenvalue weighted by Crippen LogP contribution is 2.54. The normalized spacial score (nSPS) is 29.5. The summed E-state index contributed by atoms with van der Waals surface area (Å²) in [6, 6.07) is 19.8. The van der Waals surface area contributed by atoms with Gasteiger partial charge in [-0.2, -0.15) is 0 Å². The van der Waals surface area contributed by atoms with Gasteiger partial charge in [0.1, 0.15) is 11.5 Å². The highest BCUT2D eigenvalue weighted by Gasteiger charge is 2.68. The minimum absolute atomic E-state index is 0.0485. The second-order valence-electron chi connectivity index (χ2n) is 7.84. The van der Waals surface area contributed by atoms with Gasteiger partial charge in [0.15, 0.2) is 0 Å². The molecule has 2 saturated heterocycles. The Bertz CT molecular complexity index is 918. The van der Waals surface area contributed by atoms with E-state index in [1.54, 1.807) is 6.92 Å². The van der Waals surface area contributed by atoms with Crippen LogP contribution in [0.2, 0.25) is 0 Å². The molecular formula is C24H23NO4. The maximum atomic E-state index is 13.7. The molecule has 0 unspecified atom stereocenters. The molecule has 2 bridgehead atoms. The van der Waals surface area contributed by atoms with E-state index < -0.39 is 17.4 Å². The van der Waals surface area contributed by atoms with Crippen LogP contribution in [0.1, 0.15) is 24.1 Å². The lowest BCUT2D eigenvalue weighted by Gasteiger charge is -2.31. The van der Waals surface area contributed by atoms with E-state index in [0.717, 1.165) is 11.1 Å². The first kappa shape index (κ1) is 18.1. The Kier molecular flexibility index (Phi) is 4.28. The number of hydrogen-bond acceptors (Lipinski definition) is 4. The quantitative estimate of drug-likeness (QED) is 0.582. The van der Waals surface area contributed by atoms with Crippen molar-refractivity contribution in [1.82, 2.24) is 4.90 Å². The topological polar surface area (TPSA) is 55.8 Å². The summed E-state index contributed by atoms with van der Waals surface area (Å²) in [7, 11) is 0. The monoisotopic (exact) mass is 389 g/mol. The van der Waals surface area contributed by atoms with Gasteiger partial charge in [-0.15, -0.1) is 0 Å². The summed E-state index contributed by atoms with van der Waals surface area (Å²) in [5, 5.41) is 0. The van der Waals surface area contributed by atoms with Crippen molar-refractivity contribution in [2.24, 2.45) is 11.8 Å². The number of carbonyl (C=O) groups excluding carboxylic acids is 2. The third-order valence-corrected chi connectivity index (χ3v) is 6.23. The molecule has 2 aromatic rings. The third-order valence-electron chi connectivity index (χ3n) is 6.23. The Labute approximate surface area is 169 Å². The summed E-state index contributed by atoms with van der Waals surface area (Å²) < 4.78 is 11.5. The standard InChI is InChI=1S/C24H23NO4/c1-2-28-23(27)19-18-13-14-24(29-18)15-25(22(26)20(19)24)21(16-9-5-3-6-10-16)17-11-7-4-8-12-17/h3-14,18-21H,2,15H2,1H3/t18-,19+,20+,24-/m1/s1. The van der Waals surface area contributed by atoms with Gasteiger partial charge in [-0.25, -0.2) is 0 Å². The van der Waals surface area contributed by atoms with E-state index in [9.17, 15) is 9.59 Å². The molecule has 5 heteroatoms. The molecule has 2 fully saturated rings. The zero-order valence-electron chi connectivity index (χ0n) is 16.2. The van der Waals surface area contributed by atoms with Crippen molar-refractivity contribution in [3.63, 3.8) is 0 Å². The number of carbonyl (C=O) groups is 2. The Morgan fingerprint density at radius 1 is 1.14 bits per heavy atom. The van der Waals surface area contributed by atoms with Crippen molar-refractivity contribution < 1.29 is 19.1 Å². The summed E-state index contributed by atoms with van der Waals surface area (Å²) in [4.78, 5) is 28.2. The zero-order chi connectivity index (χ0) is 20.0. The predicted molar refractivity (Wildman–Crippen MR) is 107 cm³/mol. The fourth-order valence-corrected chi connectivity index (χ4v) is 5.08. The molecule has 1 spiro atoms. The van der Waals surface area contributed by atoms with Crippen molar-refractivity contribution >= 4 is 11.9 Å². The summed E-state index contributed by atoms with van der Waals surface area (Å²) in [6.45, 7) is 2.50. The number of likely N-dealkylation sites (tertiary alicyclic amines) is 1. The second kappa shape index (κ2) is 6.85. The molecule has 1 amide bonds. The maximum Gasteiger partial charge on any atom is 0.312 e. The first-order valence-electron chi connectivity index (χ1n) is 10.1.